The molecule has 0 spiro atoms. The maximum Gasteiger partial charge on any atom is 0.202 e. The molecular formula is C23H40O2. The van der Waals surface area contributed by atoms with E-state index in [9.17, 15) is 0 Å². The first-order valence-corrected chi connectivity index (χ1v) is 10.4. The molecule has 2 rings (SSSR count). The Balaban J connectivity index is 0.00000151. The zero-order valence-electron chi connectivity index (χ0n) is 17.5. The molecule has 0 N–H and O–H groups in total. The molecule has 0 radical (unpaired) electrons. The Labute approximate surface area is 156 Å². The highest BCUT2D eigenvalue weighted by molar-refractivity contribution is 5.30. The maximum absolute atomic E-state index is 6.14. The molecular weight excluding hydrogens is 308 g/mol. The summed E-state index contributed by atoms with van der Waals surface area (Å²) in [4.78, 5) is 0. The lowest BCUT2D eigenvalue weighted by atomic mass is 9.85. The van der Waals surface area contributed by atoms with Crippen LogP contribution < -0.4 is 4.74 Å². The van der Waals surface area contributed by atoms with Crippen LogP contribution in [0, 0.1) is 17.8 Å². The molecule has 0 amide bonds. The second-order valence-corrected chi connectivity index (χ2v) is 7.54. The van der Waals surface area contributed by atoms with E-state index in [1.54, 1.807) is 0 Å². The van der Waals surface area contributed by atoms with Gasteiger partial charge in [0.1, 0.15) is 5.75 Å². The number of hydrogen-bond donors (Lipinski definition) is 0. The van der Waals surface area contributed by atoms with Gasteiger partial charge in [-0.1, -0.05) is 67.0 Å². The predicted molar refractivity (Wildman–Crippen MR) is 108 cm³/mol. The third kappa shape index (κ3) is 6.66. The molecule has 0 aromatic heterocycles. The van der Waals surface area contributed by atoms with E-state index in [-0.39, 0.29) is 6.29 Å². The van der Waals surface area contributed by atoms with Crippen LogP contribution in [0.5, 0.6) is 5.75 Å². The van der Waals surface area contributed by atoms with E-state index in [4.69, 9.17) is 9.47 Å². The lowest BCUT2D eigenvalue weighted by Crippen LogP contribution is -2.37. The van der Waals surface area contributed by atoms with Gasteiger partial charge in [-0.2, -0.15) is 0 Å². The van der Waals surface area contributed by atoms with Crippen molar-refractivity contribution in [2.24, 2.45) is 17.8 Å². The lowest BCUT2D eigenvalue weighted by Gasteiger charge is -2.34. The predicted octanol–water partition coefficient (Wildman–Crippen LogP) is 7.04. The fourth-order valence-corrected chi connectivity index (χ4v) is 3.70. The fraction of sp³-hybridized carbons (Fsp3) is 0.739. The zero-order valence-corrected chi connectivity index (χ0v) is 17.5. The monoisotopic (exact) mass is 348 g/mol. The number of benzene rings is 1. The summed E-state index contributed by atoms with van der Waals surface area (Å²) in [6.07, 6.45) is 4.70. The minimum Gasteiger partial charge on any atom is -0.465 e. The van der Waals surface area contributed by atoms with Crippen LogP contribution in [0.4, 0.5) is 0 Å². The third-order valence-corrected chi connectivity index (χ3v) is 5.12. The van der Waals surface area contributed by atoms with Gasteiger partial charge in [0.2, 0.25) is 6.29 Å². The second-order valence-electron chi connectivity index (χ2n) is 7.54. The van der Waals surface area contributed by atoms with Gasteiger partial charge in [0.05, 0.1) is 6.61 Å². The summed E-state index contributed by atoms with van der Waals surface area (Å²) in [5.41, 5.74) is 1.43. The third-order valence-electron chi connectivity index (χ3n) is 5.12. The SMILES string of the molecule is CC.CCCC(c1ccc(OC2OCC(C)CC2CC)cc1)C(C)C. The van der Waals surface area contributed by atoms with Crippen molar-refractivity contribution in [3.05, 3.63) is 29.8 Å². The van der Waals surface area contributed by atoms with Gasteiger partial charge in [-0.25, -0.2) is 0 Å². The van der Waals surface area contributed by atoms with E-state index >= 15 is 0 Å². The molecule has 0 aliphatic carbocycles. The largest absolute Gasteiger partial charge is 0.465 e. The van der Waals surface area contributed by atoms with Gasteiger partial charge in [-0.05, 0) is 54.7 Å². The standard InChI is InChI=1S/C21H34O2.C2H6/c1-6-8-20(15(3)4)18-9-11-19(12-10-18)23-21-17(7-2)13-16(5)14-22-21;1-2/h9-12,15-17,20-21H,6-8,13-14H2,1-5H3;1-2H3. The van der Waals surface area contributed by atoms with E-state index in [1.807, 2.05) is 13.8 Å². The lowest BCUT2D eigenvalue weighted by molar-refractivity contribution is -0.157. The van der Waals surface area contributed by atoms with E-state index in [2.05, 4.69) is 58.9 Å². The van der Waals surface area contributed by atoms with Crippen molar-refractivity contribution in [3.8, 4) is 5.75 Å². The summed E-state index contributed by atoms with van der Waals surface area (Å²) in [5.74, 6) is 3.40. The van der Waals surface area contributed by atoms with E-state index in [1.165, 1.54) is 24.8 Å². The van der Waals surface area contributed by atoms with E-state index < -0.39 is 0 Å². The van der Waals surface area contributed by atoms with Crippen molar-refractivity contribution in [1.29, 1.82) is 0 Å². The van der Waals surface area contributed by atoms with Crippen molar-refractivity contribution in [1.82, 2.24) is 0 Å². The van der Waals surface area contributed by atoms with E-state index in [0.717, 1.165) is 18.8 Å². The Hall–Kier alpha value is -1.02. The zero-order chi connectivity index (χ0) is 18.8. The topological polar surface area (TPSA) is 18.5 Å². The average molecular weight is 349 g/mol. The molecule has 0 saturated carbocycles. The van der Waals surface area contributed by atoms with Gasteiger partial charge in [0, 0.05) is 5.92 Å². The molecule has 4 unspecified atom stereocenters. The number of rotatable bonds is 7. The van der Waals surface area contributed by atoms with Crippen LogP contribution in [0.2, 0.25) is 0 Å². The molecule has 1 aromatic carbocycles. The van der Waals surface area contributed by atoms with Crippen LogP contribution in [0.3, 0.4) is 0 Å². The summed E-state index contributed by atoms with van der Waals surface area (Å²) >= 11 is 0. The fourth-order valence-electron chi connectivity index (χ4n) is 3.70. The molecule has 1 fully saturated rings. The van der Waals surface area contributed by atoms with Crippen LogP contribution >= 0.6 is 0 Å². The van der Waals surface area contributed by atoms with Gasteiger partial charge in [0.25, 0.3) is 0 Å². The van der Waals surface area contributed by atoms with Crippen LogP contribution in [0.1, 0.15) is 85.6 Å². The summed E-state index contributed by atoms with van der Waals surface area (Å²) in [5, 5.41) is 0. The second kappa shape index (κ2) is 11.6. The summed E-state index contributed by atoms with van der Waals surface area (Å²) < 4.78 is 12.1. The Morgan fingerprint density at radius 3 is 2.28 bits per heavy atom. The van der Waals surface area contributed by atoms with Crippen molar-refractivity contribution < 1.29 is 9.47 Å². The van der Waals surface area contributed by atoms with Gasteiger partial charge >= 0.3 is 0 Å². The molecule has 1 heterocycles. The molecule has 1 aromatic rings. The molecule has 2 nitrogen and oxygen atoms in total. The maximum atomic E-state index is 6.14. The molecule has 1 aliphatic rings. The smallest absolute Gasteiger partial charge is 0.202 e. The summed E-state index contributed by atoms with van der Waals surface area (Å²) in [6, 6.07) is 8.72. The molecule has 2 heteroatoms. The average Bonchev–Trinajstić information content (AvgIpc) is 2.63. The van der Waals surface area contributed by atoms with Crippen LogP contribution in [0.15, 0.2) is 24.3 Å². The quantitative estimate of drug-likeness (QED) is 0.526. The molecule has 0 bridgehead atoms. The molecule has 4 atom stereocenters. The Bertz CT molecular complexity index is 452. The van der Waals surface area contributed by atoms with E-state index in [0.29, 0.717) is 23.7 Å². The number of hydrogen-bond acceptors (Lipinski definition) is 2. The highest BCUT2D eigenvalue weighted by Gasteiger charge is 2.29. The van der Waals surface area contributed by atoms with Crippen LogP contribution in [0.25, 0.3) is 0 Å². The summed E-state index contributed by atoms with van der Waals surface area (Å²) in [7, 11) is 0. The van der Waals surface area contributed by atoms with Crippen LogP contribution in [-0.4, -0.2) is 12.9 Å². The molecule has 1 saturated heterocycles. The molecule has 1 aliphatic heterocycles. The van der Waals surface area contributed by atoms with Gasteiger partial charge < -0.3 is 9.47 Å². The van der Waals surface area contributed by atoms with Crippen molar-refractivity contribution in [2.75, 3.05) is 6.61 Å². The number of ether oxygens (including phenoxy) is 2. The first-order valence-electron chi connectivity index (χ1n) is 10.4. The van der Waals surface area contributed by atoms with Gasteiger partial charge in [-0.15, -0.1) is 0 Å². The minimum absolute atomic E-state index is 0.0846. The van der Waals surface area contributed by atoms with Crippen molar-refractivity contribution in [2.45, 2.75) is 86.4 Å². The highest BCUT2D eigenvalue weighted by atomic mass is 16.7. The van der Waals surface area contributed by atoms with Crippen molar-refractivity contribution >= 4 is 0 Å². The Morgan fingerprint density at radius 2 is 1.76 bits per heavy atom. The molecule has 144 valence electrons. The first kappa shape index (κ1) is 22.0. The highest BCUT2D eigenvalue weighted by Crippen LogP contribution is 2.32. The van der Waals surface area contributed by atoms with Crippen molar-refractivity contribution in [3.63, 3.8) is 0 Å². The van der Waals surface area contributed by atoms with Gasteiger partial charge in [-0.3, -0.25) is 0 Å². The first-order chi connectivity index (χ1) is 12.0. The normalized spacial score (nSPS) is 24.4. The Morgan fingerprint density at radius 1 is 1.12 bits per heavy atom. The minimum atomic E-state index is -0.0846. The molecule has 25 heavy (non-hydrogen) atoms. The van der Waals surface area contributed by atoms with Gasteiger partial charge in [0.15, 0.2) is 0 Å². The Kier molecular flexibility index (Phi) is 10.2. The van der Waals surface area contributed by atoms with Crippen LogP contribution in [-0.2, 0) is 4.74 Å². The summed E-state index contributed by atoms with van der Waals surface area (Å²) in [6.45, 7) is 16.2.